The lowest BCUT2D eigenvalue weighted by molar-refractivity contribution is 0.801. The molecule has 0 aliphatic rings. The van der Waals surface area contributed by atoms with Crippen molar-refractivity contribution in [2.24, 2.45) is 5.73 Å². The molecule has 2 aromatic rings. The number of rotatable bonds is 4. The molecule has 0 fully saturated rings. The van der Waals surface area contributed by atoms with Crippen LogP contribution in [0.2, 0.25) is 0 Å². The zero-order chi connectivity index (χ0) is 14.5. The van der Waals surface area contributed by atoms with E-state index in [1.165, 1.54) is 0 Å². The number of nitrogens with two attached hydrogens (primary N) is 1. The van der Waals surface area contributed by atoms with Crippen molar-refractivity contribution in [3.05, 3.63) is 65.2 Å². The van der Waals surface area contributed by atoms with Crippen LogP contribution < -0.4 is 10.6 Å². The number of anilines is 1. The number of benzene rings is 2. The first-order valence-electron chi connectivity index (χ1n) is 6.66. The van der Waals surface area contributed by atoms with Gasteiger partial charge in [0.25, 0.3) is 0 Å². The zero-order valence-electron chi connectivity index (χ0n) is 11.9. The second kappa shape index (κ2) is 6.23. The molecule has 20 heavy (non-hydrogen) atoms. The molecule has 0 aliphatic carbocycles. The fourth-order valence-electron chi connectivity index (χ4n) is 2.32. The number of hydrogen-bond donors (Lipinski definition) is 1. The summed E-state index contributed by atoms with van der Waals surface area (Å²) in [7, 11) is 2.04. The maximum absolute atomic E-state index is 8.95. The van der Waals surface area contributed by atoms with E-state index in [4.69, 9.17) is 11.0 Å². The van der Waals surface area contributed by atoms with E-state index in [9.17, 15) is 0 Å². The normalized spacial score (nSPS) is 11.7. The van der Waals surface area contributed by atoms with E-state index in [-0.39, 0.29) is 6.04 Å². The second-order valence-corrected chi connectivity index (χ2v) is 5.02. The van der Waals surface area contributed by atoms with Crippen LogP contribution >= 0.6 is 0 Å². The topological polar surface area (TPSA) is 53.0 Å². The third kappa shape index (κ3) is 3.17. The molecule has 0 aromatic heterocycles. The first-order valence-corrected chi connectivity index (χ1v) is 6.66. The Morgan fingerprint density at radius 2 is 1.95 bits per heavy atom. The number of nitrogens with zero attached hydrogens (tertiary/aromatic N) is 2. The first kappa shape index (κ1) is 14.1. The van der Waals surface area contributed by atoms with Crippen LogP contribution in [-0.4, -0.2) is 7.05 Å². The highest BCUT2D eigenvalue weighted by molar-refractivity contribution is 5.54. The van der Waals surface area contributed by atoms with Gasteiger partial charge in [-0.1, -0.05) is 30.3 Å². The molecule has 0 spiro atoms. The second-order valence-electron chi connectivity index (χ2n) is 5.02. The van der Waals surface area contributed by atoms with Crippen molar-refractivity contribution in [1.29, 1.82) is 5.26 Å². The van der Waals surface area contributed by atoms with Gasteiger partial charge in [0.1, 0.15) is 0 Å². The Kier molecular flexibility index (Phi) is 4.39. The maximum atomic E-state index is 8.95. The molecule has 2 N–H and O–H groups in total. The summed E-state index contributed by atoms with van der Waals surface area (Å²) in [5, 5.41) is 8.95. The molecule has 2 aromatic carbocycles. The predicted molar refractivity (Wildman–Crippen MR) is 82.3 cm³/mol. The van der Waals surface area contributed by atoms with Crippen LogP contribution in [0.25, 0.3) is 0 Å². The van der Waals surface area contributed by atoms with Crippen molar-refractivity contribution >= 4 is 5.69 Å². The van der Waals surface area contributed by atoms with Crippen LogP contribution in [0.5, 0.6) is 0 Å². The SMILES string of the molecule is C[C@H](N)c1ccccc1N(C)Cc1cccc(C#N)c1. The van der Waals surface area contributed by atoms with E-state index in [0.717, 1.165) is 23.4 Å². The van der Waals surface area contributed by atoms with Crippen LogP contribution in [0.1, 0.15) is 29.7 Å². The molecule has 3 nitrogen and oxygen atoms in total. The quantitative estimate of drug-likeness (QED) is 0.923. The van der Waals surface area contributed by atoms with E-state index >= 15 is 0 Å². The van der Waals surface area contributed by atoms with Gasteiger partial charge in [-0.05, 0) is 36.2 Å². The van der Waals surface area contributed by atoms with E-state index < -0.39 is 0 Å². The number of nitriles is 1. The Balaban J connectivity index is 2.24. The highest BCUT2D eigenvalue weighted by atomic mass is 15.1. The Hall–Kier alpha value is -2.31. The van der Waals surface area contributed by atoms with Gasteiger partial charge in [-0.3, -0.25) is 0 Å². The Bertz CT molecular complexity index is 626. The van der Waals surface area contributed by atoms with Crippen molar-refractivity contribution < 1.29 is 0 Å². The van der Waals surface area contributed by atoms with Gasteiger partial charge in [0.05, 0.1) is 11.6 Å². The lowest BCUT2D eigenvalue weighted by atomic mass is 10.1. The third-order valence-electron chi connectivity index (χ3n) is 3.31. The van der Waals surface area contributed by atoms with Crippen LogP contribution in [0.4, 0.5) is 5.69 Å². The van der Waals surface area contributed by atoms with Gasteiger partial charge in [0, 0.05) is 25.3 Å². The largest absolute Gasteiger partial charge is 0.370 e. The van der Waals surface area contributed by atoms with E-state index in [1.807, 2.05) is 50.4 Å². The van der Waals surface area contributed by atoms with Crippen LogP contribution in [0.3, 0.4) is 0 Å². The summed E-state index contributed by atoms with van der Waals surface area (Å²) < 4.78 is 0. The minimum Gasteiger partial charge on any atom is -0.370 e. The Morgan fingerprint density at radius 3 is 2.65 bits per heavy atom. The summed E-state index contributed by atoms with van der Waals surface area (Å²) in [5.41, 5.74) is 10.1. The van der Waals surface area contributed by atoms with Gasteiger partial charge >= 0.3 is 0 Å². The summed E-state index contributed by atoms with van der Waals surface area (Å²) in [6.07, 6.45) is 0. The molecule has 0 saturated carbocycles. The molecule has 0 amide bonds. The van der Waals surface area contributed by atoms with Crippen molar-refractivity contribution in [3.8, 4) is 6.07 Å². The van der Waals surface area contributed by atoms with Crippen LogP contribution in [0, 0.1) is 11.3 Å². The van der Waals surface area contributed by atoms with Gasteiger partial charge in [-0.15, -0.1) is 0 Å². The number of para-hydroxylation sites is 1. The van der Waals surface area contributed by atoms with Gasteiger partial charge in [-0.25, -0.2) is 0 Å². The molecule has 0 bridgehead atoms. The molecule has 0 saturated heterocycles. The van der Waals surface area contributed by atoms with Gasteiger partial charge in [0.15, 0.2) is 0 Å². The molecule has 0 radical (unpaired) electrons. The molecule has 0 unspecified atom stereocenters. The average molecular weight is 265 g/mol. The van der Waals surface area contributed by atoms with Gasteiger partial charge < -0.3 is 10.6 Å². The first-order chi connectivity index (χ1) is 9.61. The van der Waals surface area contributed by atoms with Crippen molar-refractivity contribution in [1.82, 2.24) is 0 Å². The Labute approximate surface area is 120 Å². The minimum atomic E-state index is -0.000840. The summed E-state index contributed by atoms with van der Waals surface area (Å²) >= 11 is 0. The molecular formula is C17H19N3. The van der Waals surface area contributed by atoms with Crippen molar-refractivity contribution in [2.75, 3.05) is 11.9 Å². The third-order valence-corrected chi connectivity index (χ3v) is 3.31. The summed E-state index contributed by atoms with van der Waals surface area (Å²) in [5.74, 6) is 0. The lowest BCUT2D eigenvalue weighted by Gasteiger charge is -2.24. The summed E-state index contributed by atoms with van der Waals surface area (Å²) in [6.45, 7) is 2.74. The Morgan fingerprint density at radius 1 is 1.20 bits per heavy atom. The predicted octanol–water partition coefficient (Wildman–Crippen LogP) is 3.21. The lowest BCUT2D eigenvalue weighted by Crippen LogP contribution is -2.20. The fourth-order valence-corrected chi connectivity index (χ4v) is 2.32. The van der Waals surface area contributed by atoms with E-state index in [2.05, 4.69) is 23.1 Å². The van der Waals surface area contributed by atoms with E-state index in [1.54, 1.807) is 0 Å². The molecule has 3 heteroatoms. The molecule has 0 heterocycles. The molecule has 0 aliphatic heterocycles. The van der Waals surface area contributed by atoms with Crippen LogP contribution in [0.15, 0.2) is 48.5 Å². The number of hydrogen-bond acceptors (Lipinski definition) is 3. The zero-order valence-corrected chi connectivity index (χ0v) is 11.9. The molecule has 102 valence electrons. The molecule has 2 rings (SSSR count). The maximum Gasteiger partial charge on any atom is 0.0991 e. The molecule has 1 atom stereocenters. The van der Waals surface area contributed by atoms with E-state index in [0.29, 0.717) is 5.56 Å². The molecular weight excluding hydrogens is 246 g/mol. The fraction of sp³-hybridized carbons (Fsp3) is 0.235. The van der Waals surface area contributed by atoms with Gasteiger partial charge in [0.2, 0.25) is 0 Å². The van der Waals surface area contributed by atoms with Crippen molar-refractivity contribution in [3.63, 3.8) is 0 Å². The average Bonchev–Trinajstić information content (AvgIpc) is 2.47. The van der Waals surface area contributed by atoms with Crippen molar-refractivity contribution in [2.45, 2.75) is 19.5 Å². The monoisotopic (exact) mass is 265 g/mol. The summed E-state index contributed by atoms with van der Waals surface area (Å²) in [4.78, 5) is 2.16. The summed E-state index contributed by atoms with van der Waals surface area (Å²) in [6, 6.07) is 18.0. The van der Waals surface area contributed by atoms with Gasteiger partial charge in [-0.2, -0.15) is 5.26 Å². The highest BCUT2D eigenvalue weighted by Crippen LogP contribution is 2.25. The smallest absolute Gasteiger partial charge is 0.0991 e. The van der Waals surface area contributed by atoms with Crippen LogP contribution in [-0.2, 0) is 6.54 Å². The minimum absolute atomic E-state index is 0.000840. The standard InChI is InChI=1S/C17H19N3/c1-13(19)16-8-3-4-9-17(16)20(2)12-15-7-5-6-14(10-15)11-18/h3-10,13H,12,19H2,1-2H3/t13-/m0/s1. The highest BCUT2D eigenvalue weighted by Gasteiger charge is 2.10.